The van der Waals surface area contributed by atoms with Gasteiger partial charge in [0.2, 0.25) is 5.91 Å². The van der Waals surface area contributed by atoms with E-state index in [0.29, 0.717) is 17.1 Å². The third kappa shape index (κ3) is 2.96. The maximum Gasteiger partial charge on any atom is 0.224 e. The van der Waals surface area contributed by atoms with Gasteiger partial charge in [0.05, 0.1) is 6.07 Å². The van der Waals surface area contributed by atoms with E-state index in [9.17, 15) is 14.4 Å². The zero-order valence-corrected chi connectivity index (χ0v) is 12.3. The predicted octanol–water partition coefficient (Wildman–Crippen LogP) is 3.21. The Morgan fingerprint density at radius 3 is 2.75 bits per heavy atom. The number of rotatable bonds is 5. The number of hydrogen-bond donors (Lipinski definition) is 0. The summed E-state index contributed by atoms with van der Waals surface area (Å²) in [4.78, 5) is 14.2. The van der Waals surface area contributed by atoms with Crippen LogP contribution in [-0.4, -0.2) is 29.1 Å². The Kier molecular flexibility index (Phi) is 4.66. The number of nitriles is 1. The molecule has 1 aliphatic rings. The molecule has 0 aliphatic heterocycles. The van der Waals surface area contributed by atoms with Crippen LogP contribution in [0, 0.1) is 17.1 Å². The van der Waals surface area contributed by atoms with Crippen molar-refractivity contribution in [2.24, 2.45) is 0 Å². The van der Waals surface area contributed by atoms with E-state index in [-0.39, 0.29) is 11.7 Å². The monoisotopic (exact) mass is 292 g/mol. The second-order valence-electron chi connectivity index (χ2n) is 4.98. The molecule has 0 unspecified atom stereocenters. The lowest BCUT2D eigenvalue weighted by Gasteiger charge is -2.43. The van der Waals surface area contributed by atoms with Gasteiger partial charge in [-0.3, -0.25) is 4.79 Å². The molecule has 20 heavy (non-hydrogen) atoms. The summed E-state index contributed by atoms with van der Waals surface area (Å²) in [6.45, 7) is 0. The lowest BCUT2D eigenvalue weighted by molar-refractivity contribution is -0.135. The van der Waals surface area contributed by atoms with Gasteiger partial charge in [0.1, 0.15) is 11.4 Å². The Balaban J connectivity index is 1.84. The largest absolute Gasteiger partial charge is 0.327 e. The van der Waals surface area contributed by atoms with E-state index in [1.165, 1.54) is 17.8 Å². The van der Waals surface area contributed by atoms with E-state index >= 15 is 0 Å². The highest BCUT2D eigenvalue weighted by Crippen LogP contribution is 2.36. The number of amides is 1. The van der Waals surface area contributed by atoms with Gasteiger partial charge in [-0.25, -0.2) is 4.39 Å². The minimum atomic E-state index is -0.597. The summed E-state index contributed by atoms with van der Waals surface area (Å²) in [5.41, 5.74) is -0.597. The molecule has 1 aromatic carbocycles. The van der Waals surface area contributed by atoms with Crippen molar-refractivity contribution in [1.82, 2.24) is 4.90 Å². The molecule has 5 heteroatoms. The third-order valence-electron chi connectivity index (χ3n) is 3.82. The zero-order chi connectivity index (χ0) is 14.6. The standard InChI is InChI=1S/C15H17FN2OS/c1-18(15(11-17)8-4-9-15)14(19)7-10-20-13-6-3-2-5-12(13)16/h2-3,5-6H,4,7-10H2,1H3. The van der Waals surface area contributed by atoms with E-state index in [0.717, 1.165) is 19.3 Å². The number of halogens is 1. The van der Waals surface area contributed by atoms with E-state index < -0.39 is 5.54 Å². The molecule has 1 fully saturated rings. The van der Waals surface area contributed by atoms with E-state index in [2.05, 4.69) is 6.07 Å². The number of nitrogens with zero attached hydrogens (tertiary/aromatic N) is 2. The second-order valence-corrected chi connectivity index (χ2v) is 6.12. The molecule has 106 valence electrons. The van der Waals surface area contributed by atoms with Gasteiger partial charge in [0.15, 0.2) is 0 Å². The Bertz CT molecular complexity index is 537. The van der Waals surface area contributed by atoms with E-state index in [4.69, 9.17) is 0 Å². The molecule has 0 radical (unpaired) electrons. The fraction of sp³-hybridized carbons (Fsp3) is 0.467. The van der Waals surface area contributed by atoms with Gasteiger partial charge in [-0.15, -0.1) is 11.8 Å². The van der Waals surface area contributed by atoms with Gasteiger partial charge in [-0.05, 0) is 31.4 Å². The van der Waals surface area contributed by atoms with Gasteiger partial charge < -0.3 is 4.90 Å². The summed E-state index contributed by atoms with van der Waals surface area (Å²) in [6.07, 6.45) is 2.83. The number of carbonyl (C=O) groups excluding carboxylic acids is 1. The van der Waals surface area contributed by atoms with Crippen LogP contribution in [0.3, 0.4) is 0 Å². The molecule has 1 saturated carbocycles. The van der Waals surface area contributed by atoms with Crippen molar-refractivity contribution in [3.8, 4) is 6.07 Å². The first-order valence-electron chi connectivity index (χ1n) is 6.64. The molecule has 0 N–H and O–H groups in total. The SMILES string of the molecule is CN(C(=O)CCSc1ccccc1F)C1(C#N)CCC1. The molecule has 0 bridgehead atoms. The lowest BCUT2D eigenvalue weighted by atomic mass is 9.76. The number of hydrogen-bond acceptors (Lipinski definition) is 3. The Morgan fingerprint density at radius 1 is 1.50 bits per heavy atom. The fourth-order valence-corrected chi connectivity index (χ4v) is 3.13. The molecule has 2 rings (SSSR count). The number of thioether (sulfide) groups is 1. The highest BCUT2D eigenvalue weighted by molar-refractivity contribution is 7.99. The highest BCUT2D eigenvalue weighted by Gasteiger charge is 2.43. The maximum atomic E-state index is 13.4. The molecule has 0 atom stereocenters. The van der Waals surface area contributed by atoms with Crippen LogP contribution >= 0.6 is 11.8 Å². The van der Waals surface area contributed by atoms with E-state index in [1.54, 1.807) is 30.1 Å². The van der Waals surface area contributed by atoms with Crippen molar-refractivity contribution in [3.05, 3.63) is 30.1 Å². The van der Waals surface area contributed by atoms with Crippen LogP contribution in [0.2, 0.25) is 0 Å². The average Bonchev–Trinajstić information content (AvgIpc) is 2.40. The first-order chi connectivity index (χ1) is 9.59. The molecular weight excluding hydrogens is 275 g/mol. The molecule has 1 amide bonds. The Hall–Kier alpha value is -1.54. The topological polar surface area (TPSA) is 44.1 Å². The van der Waals surface area contributed by atoms with Crippen LogP contribution in [-0.2, 0) is 4.79 Å². The minimum Gasteiger partial charge on any atom is -0.327 e. The van der Waals surface area contributed by atoms with Crippen molar-refractivity contribution in [2.45, 2.75) is 36.1 Å². The summed E-state index contributed by atoms with van der Waals surface area (Å²) in [5, 5.41) is 9.20. The first kappa shape index (κ1) is 14.9. The summed E-state index contributed by atoms with van der Waals surface area (Å²) in [5.74, 6) is 0.215. The normalized spacial score (nSPS) is 16.1. The molecule has 0 heterocycles. The zero-order valence-electron chi connectivity index (χ0n) is 11.4. The molecule has 3 nitrogen and oxygen atoms in total. The molecule has 0 saturated heterocycles. The smallest absolute Gasteiger partial charge is 0.224 e. The van der Waals surface area contributed by atoms with Crippen LogP contribution < -0.4 is 0 Å². The van der Waals surface area contributed by atoms with E-state index in [1.807, 2.05) is 0 Å². The Morgan fingerprint density at radius 2 is 2.20 bits per heavy atom. The van der Waals surface area contributed by atoms with Crippen molar-refractivity contribution in [3.63, 3.8) is 0 Å². The van der Waals surface area contributed by atoms with Gasteiger partial charge in [-0.2, -0.15) is 5.26 Å². The first-order valence-corrected chi connectivity index (χ1v) is 7.63. The molecule has 0 aromatic heterocycles. The fourth-order valence-electron chi connectivity index (χ4n) is 2.25. The second kappa shape index (κ2) is 6.27. The molecule has 0 spiro atoms. The van der Waals surface area contributed by atoms with Crippen LogP contribution in [0.15, 0.2) is 29.2 Å². The summed E-state index contributed by atoms with van der Waals surface area (Å²) >= 11 is 1.33. The summed E-state index contributed by atoms with van der Waals surface area (Å²) < 4.78 is 13.4. The van der Waals surface area contributed by atoms with Crippen molar-refractivity contribution in [2.75, 3.05) is 12.8 Å². The average molecular weight is 292 g/mol. The molecular formula is C15H17FN2OS. The predicted molar refractivity (Wildman–Crippen MR) is 76.7 cm³/mol. The van der Waals surface area contributed by atoms with Crippen LogP contribution in [0.5, 0.6) is 0 Å². The van der Waals surface area contributed by atoms with Crippen molar-refractivity contribution < 1.29 is 9.18 Å². The van der Waals surface area contributed by atoms with Gasteiger partial charge >= 0.3 is 0 Å². The van der Waals surface area contributed by atoms with Crippen molar-refractivity contribution in [1.29, 1.82) is 5.26 Å². The van der Waals surface area contributed by atoms with Crippen LogP contribution in [0.4, 0.5) is 4.39 Å². The van der Waals surface area contributed by atoms with Gasteiger partial charge in [-0.1, -0.05) is 12.1 Å². The lowest BCUT2D eigenvalue weighted by Crippen LogP contribution is -2.53. The van der Waals surface area contributed by atoms with Crippen molar-refractivity contribution >= 4 is 17.7 Å². The summed E-state index contributed by atoms with van der Waals surface area (Å²) in [6, 6.07) is 8.79. The maximum absolute atomic E-state index is 13.4. The Labute approximate surface area is 122 Å². The van der Waals surface area contributed by atoms with Crippen LogP contribution in [0.25, 0.3) is 0 Å². The highest BCUT2D eigenvalue weighted by atomic mass is 32.2. The third-order valence-corrected chi connectivity index (χ3v) is 4.87. The minimum absolute atomic E-state index is 0.0462. The molecule has 1 aromatic rings. The number of benzene rings is 1. The molecule has 1 aliphatic carbocycles. The summed E-state index contributed by atoms with van der Waals surface area (Å²) in [7, 11) is 1.69. The van der Waals surface area contributed by atoms with Crippen LogP contribution in [0.1, 0.15) is 25.7 Å². The number of carbonyl (C=O) groups is 1. The van der Waals surface area contributed by atoms with Gasteiger partial charge in [0.25, 0.3) is 0 Å². The quantitative estimate of drug-likeness (QED) is 0.783. The van der Waals surface area contributed by atoms with Gasteiger partial charge in [0, 0.05) is 24.1 Å².